The van der Waals surface area contributed by atoms with E-state index in [0.717, 1.165) is 0 Å². The molecule has 3 heterocycles. The molecule has 1 N–H and O–H groups in total. The molecular weight excluding hydrogens is 320 g/mol. The fourth-order valence-electron chi connectivity index (χ4n) is 2.91. The minimum atomic E-state index is -0.633. The number of diazo groups is 1. The van der Waals surface area contributed by atoms with Crippen LogP contribution in [0.4, 0.5) is 5.95 Å². The Morgan fingerprint density at radius 3 is 2.75 bits per heavy atom. The SMILES string of the molecule is COC[C@H]1O[C@@H](n2cnc3c(=O)[nH]c([N+]#N)nc32)[C@H](OC)[C@@H]1OC. The van der Waals surface area contributed by atoms with Crippen LogP contribution in [0, 0.1) is 5.39 Å². The summed E-state index contributed by atoms with van der Waals surface area (Å²) in [5.74, 6) is -0.224. The molecule has 2 aromatic rings. The number of hydrogen-bond donors (Lipinski definition) is 1. The maximum Gasteiger partial charge on any atom is 0.530 e. The van der Waals surface area contributed by atoms with E-state index in [1.807, 2.05) is 0 Å². The monoisotopic (exact) mass is 337 g/mol. The summed E-state index contributed by atoms with van der Waals surface area (Å²) in [6.07, 6.45) is -0.418. The Hall–Kier alpha value is -2.39. The molecule has 0 saturated carbocycles. The van der Waals surface area contributed by atoms with E-state index in [4.69, 9.17) is 24.3 Å². The molecule has 1 aliphatic rings. The van der Waals surface area contributed by atoms with Gasteiger partial charge in [-0.2, -0.15) is 4.98 Å². The zero-order chi connectivity index (χ0) is 17.3. The van der Waals surface area contributed by atoms with Crippen LogP contribution in [0.25, 0.3) is 16.1 Å². The number of hydrogen-bond acceptors (Lipinski definition) is 8. The molecule has 11 nitrogen and oxygen atoms in total. The van der Waals surface area contributed by atoms with Crippen LogP contribution in [0.5, 0.6) is 0 Å². The highest BCUT2D eigenvalue weighted by molar-refractivity contribution is 5.71. The topological polar surface area (TPSA) is 129 Å². The Labute approximate surface area is 136 Å². The number of imidazole rings is 1. The first kappa shape index (κ1) is 16.5. The van der Waals surface area contributed by atoms with Gasteiger partial charge in [-0.1, -0.05) is 0 Å². The maximum atomic E-state index is 12.0. The van der Waals surface area contributed by atoms with E-state index < -0.39 is 17.9 Å². The maximum absolute atomic E-state index is 12.0. The van der Waals surface area contributed by atoms with Gasteiger partial charge in [0.25, 0.3) is 5.65 Å². The lowest BCUT2D eigenvalue weighted by Gasteiger charge is -2.21. The van der Waals surface area contributed by atoms with Gasteiger partial charge in [0.05, 0.1) is 12.0 Å². The van der Waals surface area contributed by atoms with Crippen LogP contribution in [0.15, 0.2) is 11.1 Å². The van der Waals surface area contributed by atoms with Crippen LogP contribution in [-0.4, -0.2) is 65.8 Å². The lowest BCUT2D eigenvalue weighted by atomic mass is 10.1. The van der Waals surface area contributed by atoms with Gasteiger partial charge < -0.3 is 18.9 Å². The molecule has 0 radical (unpaired) electrons. The number of rotatable bonds is 5. The molecule has 0 aromatic carbocycles. The first-order chi connectivity index (χ1) is 11.6. The molecule has 2 aromatic heterocycles. The van der Waals surface area contributed by atoms with Gasteiger partial charge in [0, 0.05) is 21.3 Å². The van der Waals surface area contributed by atoms with Crippen molar-refractivity contribution in [1.29, 1.82) is 5.39 Å². The van der Waals surface area contributed by atoms with Gasteiger partial charge in [-0.25, -0.2) is 9.78 Å². The second-order valence-electron chi connectivity index (χ2n) is 5.23. The highest BCUT2D eigenvalue weighted by atomic mass is 16.6. The lowest BCUT2D eigenvalue weighted by molar-refractivity contribution is -0.0636. The van der Waals surface area contributed by atoms with Gasteiger partial charge in [0.2, 0.25) is 5.52 Å². The number of nitrogens with one attached hydrogen (secondary N) is 1. The molecule has 11 heteroatoms. The number of fused-ring (bicyclic) bond motifs is 1. The van der Waals surface area contributed by atoms with Crippen molar-refractivity contribution < 1.29 is 18.9 Å². The lowest BCUT2D eigenvalue weighted by Crippen LogP contribution is -2.36. The third-order valence-electron chi connectivity index (χ3n) is 3.95. The molecule has 1 fully saturated rings. The summed E-state index contributed by atoms with van der Waals surface area (Å²) in [5, 5.41) is 8.88. The summed E-state index contributed by atoms with van der Waals surface area (Å²) >= 11 is 0. The van der Waals surface area contributed by atoms with E-state index >= 15 is 0 Å². The molecule has 0 aliphatic carbocycles. The third kappa shape index (κ3) is 2.55. The van der Waals surface area contributed by atoms with Crippen molar-refractivity contribution in [3.63, 3.8) is 0 Å². The van der Waals surface area contributed by atoms with E-state index in [-0.39, 0.29) is 29.3 Å². The first-order valence-electron chi connectivity index (χ1n) is 7.16. The third-order valence-corrected chi connectivity index (χ3v) is 3.95. The van der Waals surface area contributed by atoms with Crippen molar-refractivity contribution in [2.24, 2.45) is 0 Å². The first-order valence-corrected chi connectivity index (χ1v) is 7.16. The highest BCUT2D eigenvalue weighted by Gasteiger charge is 2.47. The van der Waals surface area contributed by atoms with Crippen LogP contribution in [0.1, 0.15) is 6.23 Å². The minimum absolute atomic E-state index is 0.102. The average molecular weight is 337 g/mol. The van der Waals surface area contributed by atoms with E-state index in [2.05, 4.69) is 19.9 Å². The molecule has 0 amide bonds. The van der Waals surface area contributed by atoms with Gasteiger partial charge in [-0.15, -0.1) is 0 Å². The van der Waals surface area contributed by atoms with E-state index in [1.165, 1.54) is 13.4 Å². The standard InChI is InChI=1S/C13H16N6O5/c1-21-4-6-8(22-2)9(23-3)12(24-6)19-5-15-7-10(19)16-13(18-14)17-11(7)20/h5-6,8-9,12H,4H2,1-3H3/p+1/t6-,8-,9-,12-/m1/s1. The van der Waals surface area contributed by atoms with Crippen molar-refractivity contribution in [2.75, 3.05) is 27.9 Å². The Bertz CT molecular complexity index is 826. The van der Waals surface area contributed by atoms with Crippen molar-refractivity contribution in [3.8, 4) is 0 Å². The van der Waals surface area contributed by atoms with Crippen LogP contribution in [-0.2, 0) is 18.9 Å². The van der Waals surface area contributed by atoms with E-state index in [0.29, 0.717) is 6.61 Å². The fraction of sp³-hybridized carbons (Fsp3) is 0.615. The summed E-state index contributed by atoms with van der Waals surface area (Å²) in [6.45, 7) is 0.312. The summed E-state index contributed by atoms with van der Waals surface area (Å²) < 4.78 is 23.7. The summed E-state index contributed by atoms with van der Waals surface area (Å²) in [4.78, 5) is 25.3. The van der Waals surface area contributed by atoms with Gasteiger partial charge in [-0.05, 0) is 9.96 Å². The Kier molecular flexibility index (Phi) is 4.54. The Morgan fingerprint density at radius 2 is 2.12 bits per heavy atom. The summed E-state index contributed by atoms with van der Waals surface area (Å²) in [6, 6.07) is 0. The smallest absolute Gasteiger partial charge is 0.382 e. The van der Waals surface area contributed by atoms with Crippen molar-refractivity contribution in [2.45, 2.75) is 24.5 Å². The Balaban J connectivity index is 2.08. The minimum Gasteiger partial charge on any atom is -0.382 e. The number of aromatic amines is 1. The van der Waals surface area contributed by atoms with Crippen LogP contribution in [0.2, 0.25) is 0 Å². The molecule has 0 unspecified atom stereocenters. The molecule has 1 saturated heterocycles. The molecule has 24 heavy (non-hydrogen) atoms. The van der Waals surface area contributed by atoms with Gasteiger partial charge in [0.1, 0.15) is 24.6 Å². The molecule has 128 valence electrons. The predicted molar refractivity (Wildman–Crippen MR) is 80.3 cm³/mol. The normalized spacial score (nSPS) is 26.8. The quantitative estimate of drug-likeness (QED) is 0.765. The summed E-state index contributed by atoms with van der Waals surface area (Å²) in [5.41, 5.74) is -0.202. The number of ether oxygens (including phenoxy) is 4. The number of methoxy groups -OCH3 is 3. The largest absolute Gasteiger partial charge is 0.530 e. The molecule has 4 atom stereocenters. The van der Waals surface area contributed by atoms with Gasteiger partial charge in [0.15, 0.2) is 6.23 Å². The fourth-order valence-corrected chi connectivity index (χ4v) is 2.91. The van der Waals surface area contributed by atoms with Crippen molar-refractivity contribution in [1.82, 2.24) is 19.5 Å². The molecule has 0 spiro atoms. The van der Waals surface area contributed by atoms with Crippen molar-refractivity contribution >= 4 is 17.1 Å². The van der Waals surface area contributed by atoms with Gasteiger partial charge in [-0.3, -0.25) is 4.57 Å². The van der Waals surface area contributed by atoms with Gasteiger partial charge >= 0.3 is 11.5 Å². The molecular formula is C13H17N6O5+. The van der Waals surface area contributed by atoms with E-state index in [1.54, 1.807) is 18.8 Å². The summed E-state index contributed by atoms with van der Waals surface area (Å²) in [7, 11) is 4.66. The van der Waals surface area contributed by atoms with Crippen LogP contribution in [0.3, 0.4) is 0 Å². The highest BCUT2D eigenvalue weighted by Crippen LogP contribution is 2.34. The van der Waals surface area contributed by atoms with Crippen LogP contribution >= 0.6 is 0 Å². The van der Waals surface area contributed by atoms with Crippen molar-refractivity contribution in [3.05, 3.63) is 21.7 Å². The predicted octanol–water partition coefficient (Wildman–Crippen LogP) is 0.178. The second kappa shape index (κ2) is 6.62. The van der Waals surface area contributed by atoms with Crippen LogP contribution < -0.4 is 5.56 Å². The molecule has 1 aliphatic heterocycles. The second-order valence-corrected chi connectivity index (χ2v) is 5.23. The zero-order valence-electron chi connectivity index (χ0n) is 13.4. The molecule has 3 rings (SSSR count). The zero-order valence-corrected chi connectivity index (χ0v) is 13.4. The number of H-pyrrole nitrogens is 1. The Morgan fingerprint density at radius 1 is 1.38 bits per heavy atom. The number of nitrogens with zero attached hydrogens (tertiary/aromatic N) is 5. The van der Waals surface area contributed by atoms with E-state index in [9.17, 15) is 4.79 Å². The number of aromatic nitrogens is 4. The average Bonchev–Trinajstić information content (AvgIpc) is 3.15. The molecule has 0 bridgehead atoms.